The van der Waals surface area contributed by atoms with Gasteiger partial charge < -0.3 is 10.3 Å². The number of fused-ring (bicyclic) bond motifs is 1. The topological polar surface area (TPSA) is 44.9 Å². The van der Waals surface area contributed by atoms with E-state index in [2.05, 4.69) is 26.2 Å². The summed E-state index contributed by atoms with van der Waals surface area (Å²) in [5.74, 6) is -0.434. The molecule has 0 fully saturated rings. The number of halogens is 2. The summed E-state index contributed by atoms with van der Waals surface area (Å²) < 4.78 is 14.4. The molecular weight excluding hydrogens is 347 g/mol. The normalized spacial score (nSPS) is 10.8. The maximum Gasteiger partial charge on any atom is 0.267 e. The number of rotatable bonds is 4. The standard InChI is InChI=1S/C17H14BrFN2O/c18-13-6-5-12-9-16(21-15(12)10-13)17(22)20-8-7-11-3-1-2-4-14(11)19/h1-6,9-10,21H,7-8H2,(H,20,22). The smallest absolute Gasteiger partial charge is 0.267 e. The molecule has 1 amide bonds. The Morgan fingerprint density at radius 2 is 2.00 bits per heavy atom. The molecule has 0 unspecified atom stereocenters. The molecular formula is C17H14BrFN2O. The van der Waals surface area contributed by atoms with Crippen LogP contribution in [0.2, 0.25) is 0 Å². The first-order chi connectivity index (χ1) is 10.6. The first-order valence-electron chi connectivity index (χ1n) is 6.93. The molecule has 2 N–H and O–H groups in total. The third-order valence-corrected chi connectivity index (χ3v) is 3.96. The van der Waals surface area contributed by atoms with Crippen molar-refractivity contribution in [2.45, 2.75) is 6.42 Å². The third kappa shape index (κ3) is 3.20. The van der Waals surface area contributed by atoms with Crippen LogP contribution in [0.5, 0.6) is 0 Å². The molecule has 2 aromatic carbocycles. The lowest BCUT2D eigenvalue weighted by molar-refractivity contribution is 0.0950. The second-order valence-electron chi connectivity index (χ2n) is 5.01. The molecule has 22 heavy (non-hydrogen) atoms. The van der Waals surface area contributed by atoms with E-state index in [0.29, 0.717) is 24.2 Å². The number of nitrogens with one attached hydrogen (secondary N) is 2. The zero-order valence-electron chi connectivity index (χ0n) is 11.7. The lowest BCUT2D eigenvalue weighted by atomic mass is 10.1. The number of hydrogen-bond donors (Lipinski definition) is 2. The van der Waals surface area contributed by atoms with Crippen molar-refractivity contribution in [3.63, 3.8) is 0 Å². The highest BCUT2D eigenvalue weighted by atomic mass is 79.9. The minimum absolute atomic E-state index is 0.191. The molecule has 0 aliphatic heterocycles. The lowest BCUT2D eigenvalue weighted by Gasteiger charge is -2.05. The van der Waals surface area contributed by atoms with Gasteiger partial charge in [0.2, 0.25) is 0 Å². The molecule has 112 valence electrons. The highest BCUT2D eigenvalue weighted by Crippen LogP contribution is 2.20. The maximum atomic E-state index is 13.5. The summed E-state index contributed by atoms with van der Waals surface area (Å²) in [7, 11) is 0. The van der Waals surface area contributed by atoms with Crippen LogP contribution in [0.3, 0.4) is 0 Å². The zero-order chi connectivity index (χ0) is 15.5. The van der Waals surface area contributed by atoms with Crippen LogP contribution in [0.15, 0.2) is 53.0 Å². The molecule has 0 bridgehead atoms. The second-order valence-corrected chi connectivity index (χ2v) is 5.93. The first-order valence-corrected chi connectivity index (χ1v) is 7.72. The number of aromatic amines is 1. The van der Waals surface area contributed by atoms with E-state index in [0.717, 1.165) is 15.4 Å². The van der Waals surface area contributed by atoms with Crippen LogP contribution in [0.25, 0.3) is 10.9 Å². The Balaban J connectivity index is 1.65. The Labute approximate surface area is 135 Å². The highest BCUT2D eigenvalue weighted by Gasteiger charge is 2.09. The fourth-order valence-electron chi connectivity index (χ4n) is 2.33. The van der Waals surface area contributed by atoms with Crippen LogP contribution in [-0.2, 0) is 6.42 Å². The molecule has 5 heteroatoms. The van der Waals surface area contributed by atoms with E-state index in [1.54, 1.807) is 24.3 Å². The number of H-pyrrole nitrogens is 1. The Bertz CT molecular complexity index is 828. The lowest BCUT2D eigenvalue weighted by Crippen LogP contribution is -2.26. The minimum atomic E-state index is -0.243. The number of amides is 1. The summed E-state index contributed by atoms with van der Waals surface area (Å²) in [4.78, 5) is 15.2. The van der Waals surface area contributed by atoms with Gasteiger partial charge in [-0.15, -0.1) is 0 Å². The minimum Gasteiger partial charge on any atom is -0.350 e. The number of aromatic nitrogens is 1. The van der Waals surface area contributed by atoms with E-state index in [9.17, 15) is 9.18 Å². The van der Waals surface area contributed by atoms with Gasteiger partial charge in [0.1, 0.15) is 11.5 Å². The average Bonchev–Trinajstić information content (AvgIpc) is 2.92. The number of hydrogen-bond acceptors (Lipinski definition) is 1. The van der Waals surface area contributed by atoms with Crippen LogP contribution in [-0.4, -0.2) is 17.4 Å². The van der Waals surface area contributed by atoms with E-state index in [1.807, 2.05) is 18.2 Å². The average molecular weight is 361 g/mol. The van der Waals surface area contributed by atoms with E-state index < -0.39 is 0 Å². The summed E-state index contributed by atoms with van der Waals surface area (Å²) >= 11 is 3.40. The van der Waals surface area contributed by atoms with Crippen molar-refractivity contribution in [3.8, 4) is 0 Å². The number of benzene rings is 2. The van der Waals surface area contributed by atoms with Crippen LogP contribution in [0.4, 0.5) is 4.39 Å². The Morgan fingerprint density at radius 3 is 2.82 bits per heavy atom. The molecule has 0 saturated heterocycles. The predicted octanol–water partition coefficient (Wildman–Crippen LogP) is 4.04. The maximum absolute atomic E-state index is 13.5. The molecule has 3 rings (SSSR count). The molecule has 0 atom stereocenters. The van der Waals surface area contributed by atoms with Gasteiger partial charge >= 0.3 is 0 Å². The summed E-state index contributed by atoms with van der Waals surface area (Å²) in [6.45, 7) is 0.388. The molecule has 0 saturated carbocycles. The van der Waals surface area contributed by atoms with Gasteiger partial charge in [-0.05, 0) is 36.2 Å². The molecule has 3 nitrogen and oxygen atoms in total. The van der Waals surface area contributed by atoms with Gasteiger partial charge in [0.25, 0.3) is 5.91 Å². The van der Waals surface area contributed by atoms with Crippen LogP contribution < -0.4 is 5.32 Å². The van der Waals surface area contributed by atoms with Gasteiger partial charge in [-0.3, -0.25) is 4.79 Å². The van der Waals surface area contributed by atoms with Gasteiger partial charge in [-0.25, -0.2) is 4.39 Å². The van der Waals surface area contributed by atoms with Crippen molar-refractivity contribution < 1.29 is 9.18 Å². The SMILES string of the molecule is O=C(NCCc1ccccc1F)c1cc2ccc(Br)cc2[nH]1. The molecule has 0 radical (unpaired) electrons. The molecule has 0 aliphatic carbocycles. The molecule has 3 aromatic rings. The third-order valence-electron chi connectivity index (χ3n) is 3.47. The Morgan fingerprint density at radius 1 is 1.18 bits per heavy atom. The van der Waals surface area contributed by atoms with Gasteiger partial charge in [-0.2, -0.15) is 0 Å². The summed E-state index contributed by atoms with van der Waals surface area (Å²) in [6.07, 6.45) is 0.462. The Kier molecular flexibility index (Phi) is 4.24. The zero-order valence-corrected chi connectivity index (χ0v) is 13.3. The van der Waals surface area contributed by atoms with Crippen molar-refractivity contribution in [1.29, 1.82) is 0 Å². The van der Waals surface area contributed by atoms with Crippen molar-refractivity contribution in [1.82, 2.24) is 10.3 Å². The van der Waals surface area contributed by atoms with Gasteiger partial charge in [-0.1, -0.05) is 40.2 Å². The monoisotopic (exact) mass is 360 g/mol. The first kappa shape index (κ1) is 14.8. The van der Waals surface area contributed by atoms with Gasteiger partial charge in [0.05, 0.1) is 0 Å². The van der Waals surface area contributed by atoms with Crippen molar-refractivity contribution >= 4 is 32.7 Å². The van der Waals surface area contributed by atoms with Crippen molar-refractivity contribution in [2.24, 2.45) is 0 Å². The van der Waals surface area contributed by atoms with Crippen molar-refractivity contribution in [2.75, 3.05) is 6.54 Å². The summed E-state index contributed by atoms with van der Waals surface area (Å²) in [5.41, 5.74) is 2.00. The number of carbonyl (C=O) groups is 1. The van der Waals surface area contributed by atoms with Gasteiger partial charge in [0, 0.05) is 21.9 Å². The summed E-state index contributed by atoms with van der Waals surface area (Å²) in [5, 5.41) is 3.78. The molecule has 0 aliphatic rings. The molecule has 0 spiro atoms. The van der Waals surface area contributed by atoms with Crippen LogP contribution in [0, 0.1) is 5.82 Å². The highest BCUT2D eigenvalue weighted by molar-refractivity contribution is 9.10. The van der Waals surface area contributed by atoms with E-state index in [-0.39, 0.29) is 11.7 Å². The Hall–Kier alpha value is -2.14. The van der Waals surface area contributed by atoms with Crippen molar-refractivity contribution in [3.05, 3.63) is 70.1 Å². The fourth-order valence-corrected chi connectivity index (χ4v) is 2.69. The van der Waals surface area contributed by atoms with Gasteiger partial charge in [0.15, 0.2) is 0 Å². The summed E-state index contributed by atoms with van der Waals surface area (Å²) in [6, 6.07) is 14.2. The fraction of sp³-hybridized carbons (Fsp3) is 0.118. The number of carbonyl (C=O) groups excluding carboxylic acids is 1. The quantitative estimate of drug-likeness (QED) is 0.724. The van der Waals surface area contributed by atoms with E-state index in [4.69, 9.17) is 0 Å². The van der Waals surface area contributed by atoms with Crippen LogP contribution in [0.1, 0.15) is 16.1 Å². The second kappa shape index (κ2) is 6.32. The largest absolute Gasteiger partial charge is 0.350 e. The molecule has 1 heterocycles. The van der Waals surface area contributed by atoms with E-state index in [1.165, 1.54) is 6.07 Å². The predicted molar refractivity (Wildman–Crippen MR) is 88.4 cm³/mol. The van der Waals surface area contributed by atoms with Crippen LogP contribution >= 0.6 is 15.9 Å². The van der Waals surface area contributed by atoms with E-state index >= 15 is 0 Å². The molecule has 1 aromatic heterocycles.